The third-order valence-electron chi connectivity index (χ3n) is 2.83. The molecule has 0 N–H and O–H groups in total. The van der Waals surface area contributed by atoms with Crippen LogP contribution in [0.2, 0.25) is 0 Å². The molecule has 132 valence electrons. The monoisotopic (exact) mass is 343 g/mol. The van der Waals surface area contributed by atoms with Crippen LogP contribution in [-0.4, -0.2) is 35.5 Å². The van der Waals surface area contributed by atoms with Crippen molar-refractivity contribution in [3.8, 4) is 6.07 Å². The molecule has 1 rings (SSSR count). The first-order chi connectivity index (χ1) is 11.5. The van der Waals surface area contributed by atoms with Gasteiger partial charge in [0, 0.05) is 32.4 Å². The second-order valence-corrected chi connectivity index (χ2v) is 6.53. The number of hydrogen-bond acceptors (Lipinski definition) is 6. The summed E-state index contributed by atoms with van der Waals surface area (Å²) in [6.07, 6.45) is 3.04. The lowest BCUT2D eigenvalue weighted by Gasteiger charge is -2.19. The van der Waals surface area contributed by atoms with Gasteiger partial charge in [0.15, 0.2) is 0 Å². The van der Waals surface area contributed by atoms with E-state index in [1.165, 1.54) is 18.2 Å². The highest BCUT2D eigenvalue weighted by Gasteiger charge is 2.20. The highest BCUT2D eigenvalue weighted by molar-refractivity contribution is 5.96. The molecule has 25 heavy (non-hydrogen) atoms. The summed E-state index contributed by atoms with van der Waals surface area (Å²) in [6.45, 7) is 5.12. The Kier molecular flexibility index (Phi) is 6.45. The largest absolute Gasteiger partial charge is 0.456 e. The highest BCUT2D eigenvalue weighted by atomic mass is 16.6. The van der Waals surface area contributed by atoms with E-state index < -0.39 is 16.5 Å². The first-order valence-corrected chi connectivity index (χ1v) is 7.51. The number of benzene rings is 1. The van der Waals surface area contributed by atoms with Gasteiger partial charge in [0.25, 0.3) is 5.69 Å². The summed E-state index contributed by atoms with van der Waals surface area (Å²) < 4.78 is 5.22. The van der Waals surface area contributed by atoms with Crippen LogP contribution in [0.5, 0.6) is 0 Å². The van der Waals surface area contributed by atoms with Crippen LogP contribution in [0, 0.1) is 21.4 Å². The van der Waals surface area contributed by atoms with Crippen LogP contribution in [0.1, 0.15) is 26.3 Å². The average Bonchev–Trinajstić information content (AvgIpc) is 2.49. The lowest BCUT2D eigenvalue weighted by atomic mass is 10.0. The number of allylic oxidation sites excluding steroid dienone is 2. The summed E-state index contributed by atoms with van der Waals surface area (Å²) in [6, 6.07) is 7.80. The lowest BCUT2D eigenvalue weighted by Crippen LogP contribution is -2.24. The van der Waals surface area contributed by atoms with E-state index in [0.717, 1.165) is 0 Å². The van der Waals surface area contributed by atoms with Crippen LogP contribution in [-0.2, 0) is 9.53 Å². The number of carbonyl (C=O) groups excluding carboxylic acids is 1. The molecule has 0 heterocycles. The smallest absolute Gasteiger partial charge is 0.349 e. The maximum Gasteiger partial charge on any atom is 0.349 e. The molecule has 0 aromatic heterocycles. The van der Waals surface area contributed by atoms with Crippen molar-refractivity contribution in [1.82, 2.24) is 4.90 Å². The summed E-state index contributed by atoms with van der Waals surface area (Å²) >= 11 is 0. The number of hydrogen-bond donors (Lipinski definition) is 0. The maximum atomic E-state index is 12.2. The van der Waals surface area contributed by atoms with E-state index in [9.17, 15) is 20.2 Å². The van der Waals surface area contributed by atoms with Crippen LogP contribution in [0.25, 0.3) is 5.57 Å². The number of nitriles is 1. The fourth-order valence-corrected chi connectivity index (χ4v) is 1.90. The number of non-ortho nitro benzene ring substituents is 1. The third kappa shape index (κ3) is 6.47. The minimum Gasteiger partial charge on any atom is -0.456 e. The normalized spacial score (nSPS) is 12.3. The number of carbonyl (C=O) groups is 1. The predicted molar refractivity (Wildman–Crippen MR) is 94.3 cm³/mol. The number of rotatable bonds is 5. The molecule has 0 atom stereocenters. The van der Waals surface area contributed by atoms with Crippen molar-refractivity contribution in [3.05, 3.63) is 57.8 Å². The van der Waals surface area contributed by atoms with Gasteiger partial charge in [0.2, 0.25) is 0 Å². The van der Waals surface area contributed by atoms with Gasteiger partial charge in [-0.3, -0.25) is 10.1 Å². The Bertz CT molecular complexity index is 765. The van der Waals surface area contributed by atoms with Gasteiger partial charge in [-0.25, -0.2) is 4.79 Å². The lowest BCUT2D eigenvalue weighted by molar-refractivity contribution is -0.384. The molecule has 0 saturated carbocycles. The van der Waals surface area contributed by atoms with E-state index in [1.54, 1.807) is 58.1 Å². The van der Waals surface area contributed by atoms with Crippen molar-refractivity contribution >= 4 is 17.2 Å². The SMILES string of the molecule is CN(C)/C=C(\C=C(\C#N)C(=O)OC(C)(C)C)c1cccc([N+](=O)[O-])c1. The summed E-state index contributed by atoms with van der Waals surface area (Å²) in [5, 5.41) is 20.3. The number of nitro groups is 1. The van der Waals surface area contributed by atoms with E-state index in [0.29, 0.717) is 11.1 Å². The Morgan fingerprint density at radius 3 is 2.48 bits per heavy atom. The standard InChI is InChI=1S/C18H21N3O4/c1-18(2,3)25-17(22)14(11-19)9-15(12-20(4)5)13-7-6-8-16(10-13)21(23)24/h6-10,12H,1-5H3/b14-9-,15-12+. The Balaban J connectivity index is 3.36. The van der Waals surface area contributed by atoms with Crippen LogP contribution in [0.15, 0.2) is 42.1 Å². The number of nitro benzene ring substituents is 1. The van der Waals surface area contributed by atoms with Crippen molar-refractivity contribution in [2.75, 3.05) is 14.1 Å². The van der Waals surface area contributed by atoms with Crippen molar-refractivity contribution in [1.29, 1.82) is 5.26 Å². The molecular weight excluding hydrogens is 322 g/mol. The quantitative estimate of drug-likeness (QED) is 0.203. The molecular formula is C18H21N3O4. The van der Waals surface area contributed by atoms with Gasteiger partial charge in [-0.05, 0) is 38.0 Å². The highest BCUT2D eigenvalue weighted by Crippen LogP contribution is 2.23. The van der Waals surface area contributed by atoms with Crippen molar-refractivity contribution in [2.45, 2.75) is 26.4 Å². The average molecular weight is 343 g/mol. The molecule has 0 saturated heterocycles. The van der Waals surface area contributed by atoms with Gasteiger partial charge in [0.1, 0.15) is 17.2 Å². The van der Waals surface area contributed by atoms with Crippen molar-refractivity contribution in [2.24, 2.45) is 0 Å². The van der Waals surface area contributed by atoms with Crippen molar-refractivity contribution in [3.63, 3.8) is 0 Å². The van der Waals surface area contributed by atoms with E-state index in [-0.39, 0.29) is 11.3 Å². The first-order valence-electron chi connectivity index (χ1n) is 7.51. The van der Waals surface area contributed by atoms with Crippen LogP contribution >= 0.6 is 0 Å². The molecule has 0 fully saturated rings. The first kappa shape index (κ1) is 19.9. The minimum atomic E-state index is -0.745. The number of ether oxygens (including phenoxy) is 1. The summed E-state index contributed by atoms with van der Waals surface area (Å²) in [5.74, 6) is -0.745. The van der Waals surface area contributed by atoms with Crippen LogP contribution < -0.4 is 0 Å². The van der Waals surface area contributed by atoms with E-state index in [1.807, 2.05) is 6.07 Å². The summed E-state index contributed by atoms with van der Waals surface area (Å²) in [7, 11) is 3.54. The molecule has 7 nitrogen and oxygen atoms in total. The topological polar surface area (TPSA) is 96.5 Å². The molecule has 0 radical (unpaired) electrons. The number of esters is 1. The summed E-state index contributed by atoms with van der Waals surface area (Å²) in [5.41, 5.74) is 0.000414. The Morgan fingerprint density at radius 1 is 1.36 bits per heavy atom. The van der Waals surface area contributed by atoms with Gasteiger partial charge in [-0.15, -0.1) is 0 Å². The molecule has 0 amide bonds. The van der Waals surface area contributed by atoms with Gasteiger partial charge in [-0.2, -0.15) is 5.26 Å². The zero-order valence-electron chi connectivity index (χ0n) is 14.9. The predicted octanol–water partition coefficient (Wildman–Crippen LogP) is 3.29. The van der Waals surface area contributed by atoms with Crippen molar-refractivity contribution < 1.29 is 14.5 Å². The second-order valence-electron chi connectivity index (χ2n) is 6.53. The van der Waals surface area contributed by atoms with E-state index in [4.69, 9.17) is 4.74 Å². The number of nitrogens with zero attached hydrogens (tertiary/aromatic N) is 3. The fraction of sp³-hybridized carbons (Fsp3) is 0.333. The molecule has 0 unspecified atom stereocenters. The van der Waals surface area contributed by atoms with E-state index in [2.05, 4.69) is 0 Å². The zero-order valence-corrected chi connectivity index (χ0v) is 14.9. The molecule has 0 aliphatic carbocycles. The third-order valence-corrected chi connectivity index (χ3v) is 2.83. The van der Waals surface area contributed by atoms with Crippen LogP contribution in [0.3, 0.4) is 0 Å². The molecule has 0 spiro atoms. The molecule has 1 aromatic carbocycles. The minimum absolute atomic E-state index is 0.0775. The zero-order chi connectivity index (χ0) is 19.2. The maximum absolute atomic E-state index is 12.2. The Labute approximate surface area is 147 Å². The van der Waals surface area contributed by atoms with Gasteiger partial charge in [0.05, 0.1) is 4.92 Å². The Hall–Kier alpha value is -3.14. The van der Waals surface area contributed by atoms with Crippen LogP contribution in [0.4, 0.5) is 5.69 Å². The van der Waals surface area contributed by atoms with Gasteiger partial charge >= 0.3 is 5.97 Å². The molecule has 7 heteroatoms. The summed E-state index contributed by atoms with van der Waals surface area (Å²) in [4.78, 5) is 24.3. The fourth-order valence-electron chi connectivity index (χ4n) is 1.90. The van der Waals surface area contributed by atoms with Gasteiger partial charge in [-0.1, -0.05) is 12.1 Å². The molecule has 0 bridgehead atoms. The Morgan fingerprint density at radius 2 is 2.00 bits per heavy atom. The molecule has 1 aromatic rings. The van der Waals surface area contributed by atoms with E-state index >= 15 is 0 Å². The van der Waals surface area contributed by atoms with Gasteiger partial charge < -0.3 is 9.64 Å². The molecule has 0 aliphatic heterocycles. The second kappa shape index (κ2) is 8.11. The molecule has 0 aliphatic rings.